The van der Waals surface area contributed by atoms with Gasteiger partial charge in [-0.1, -0.05) is 0 Å². The van der Waals surface area contributed by atoms with Crippen molar-refractivity contribution in [3.8, 4) is 0 Å². The minimum Gasteiger partial charge on any atom is -0.446 e. The third kappa shape index (κ3) is 4.74. The van der Waals surface area contributed by atoms with Gasteiger partial charge >= 0.3 is 0 Å². The molecule has 0 aromatic carbocycles. The molecule has 0 aliphatic rings. The lowest BCUT2D eigenvalue weighted by Gasteiger charge is -2.04. The molecule has 8 nitrogen and oxygen atoms in total. The number of aliphatic hydroxyl groups excluding tert-OH is 1. The maximum Gasteiger partial charge on any atom is 0.274 e. The first-order chi connectivity index (χ1) is 8.24. The maximum atomic E-state index is 11.6. The van der Waals surface area contributed by atoms with Gasteiger partial charge in [-0.2, -0.15) is 0 Å². The number of hydrogen-bond acceptors (Lipinski definition) is 6. The van der Waals surface area contributed by atoms with Gasteiger partial charge in [0, 0.05) is 13.1 Å². The van der Waals surface area contributed by atoms with Crippen LogP contribution in [0.3, 0.4) is 0 Å². The fourth-order valence-electron chi connectivity index (χ4n) is 1.08. The van der Waals surface area contributed by atoms with E-state index in [9.17, 15) is 16.8 Å². The number of rotatable bonds is 7. The average molecular weight is 298 g/mol. The van der Waals surface area contributed by atoms with Gasteiger partial charge in [0.2, 0.25) is 15.1 Å². The van der Waals surface area contributed by atoms with Crippen LogP contribution < -0.4 is 9.44 Å². The molecule has 0 radical (unpaired) electrons. The molecule has 18 heavy (non-hydrogen) atoms. The van der Waals surface area contributed by atoms with E-state index in [1.165, 1.54) is 12.1 Å². The van der Waals surface area contributed by atoms with Crippen LogP contribution in [0.4, 0.5) is 0 Å². The van der Waals surface area contributed by atoms with Gasteiger partial charge in [-0.15, -0.1) is 0 Å². The lowest BCUT2D eigenvalue weighted by Crippen LogP contribution is -2.34. The van der Waals surface area contributed by atoms with E-state index in [1.54, 1.807) is 0 Å². The van der Waals surface area contributed by atoms with Gasteiger partial charge in [0.05, 0.1) is 6.26 Å². The van der Waals surface area contributed by atoms with E-state index >= 15 is 0 Å². The van der Waals surface area contributed by atoms with Crippen LogP contribution in [-0.2, 0) is 26.7 Å². The fourth-order valence-corrected chi connectivity index (χ4v) is 2.53. The number of sulfonamides is 2. The van der Waals surface area contributed by atoms with Crippen molar-refractivity contribution in [3.63, 3.8) is 0 Å². The van der Waals surface area contributed by atoms with Crippen LogP contribution in [0.15, 0.2) is 21.6 Å². The Morgan fingerprint density at radius 1 is 1.17 bits per heavy atom. The predicted octanol–water partition coefficient (Wildman–Crippen LogP) is -1.40. The van der Waals surface area contributed by atoms with Crippen LogP contribution in [0, 0.1) is 0 Å². The summed E-state index contributed by atoms with van der Waals surface area (Å²) in [5.74, 6) is 0.129. The molecule has 0 unspecified atom stereocenters. The minimum atomic E-state index is -3.83. The van der Waals surface area contributed by atoms with Crippen LogP contribution in [0.2, 0.25) is 0 Å². The van der Waals surface area contributed by atoms with Crippen LogP contribution in [0.1, 0.15) is 5.76 Å². The highest BCUT2D eigenvalue weighted by Gasteiger charge is 2.18. The Kier molecular flexibility index (Phi) is 4.87. The first kappa shape index (κ1) is 15.1. The van der Waals surface area contributed by atoms with E-state index in [-0.39, 0.29) is 23.9 Å². The second kappa shape index (κ2) is 5.80. The number of nitrogens with one attached hydrogen (secondary N) is 2. The number of aliphatic hydroxyl groups is 1. The zero-order valence-electron chi connectivity index (χ0n) is 9.58. The summed E-state index contributed by atoms with van der Waals surface area (Å²) >= 11 is 0. The van der Waals surface area contributed by atoms with E-state index < -0.39 is 26.7 Å². The molecule has 0 fully saturated rings. The predicted molar refractivity (Wildman–Crippen MR) is 62.7 cm³/mol. The molecule has 0 bridgehead atoms. The van der Waals surface area contributed by atoms with E-state index in [0.29, 0.717) is 0 Å². The smallest absolute Gasteiger partial charge is 0.274 e. The Bertz CT molecular complexity index is 589. The molecule has 104 valence electrons. The summed E-state index contributed by atoms with van der Waals surface area (Å²) in [4.78, 5) is 0. The van der Waals surface area contributed by atoms with Gasteiger partial charge in [-0.25, -0.2) is 26.3 Å². The van der Waals surface area contributed by atoms with Gasteiger partial charge < -0.3 is 9.52 Å². The molecule has 0 saturated carbocycles. The molecular weight excluding hydrogens is 284 g/mol. The van der Waals surface area contributed by atoms with E-state index in [2.05, 4.69) is 9.44 Å². The van der Waals surface area contributed by atoms with Gasteiger partial charge in [0.1, 0.15) is 12.4 Å². The molecule has 1 aromatic heterocycles. The van der Waals surface area contributed by atoms with Gasteiger partial charge in [-0.3, -0.25) is 0 Å². The molecule has 1 aromatic rings. The first-order valence-electron chi connectivity index (χ1n) is 4.88. The lowest BCUT2D eigenvalue weighted by molar-refractivity contribution is 0.236. The largest absolute Gasteiger partial charge is 0.446 e. The van der Waals surface area contributed by atoms with Crippen molar-refractivity contribution in [2.24, 2.45) is 0 Å². The minimum absolute atomic E-state index is 0.0639. The third-order valence-corrected chi connectivity index (χ3v) is 3.90. The normalized spacial score (nSPS) is 12.8. The topological polar surface area (TPSA) is 126 Å². The van der Waals surface area contributed by atoms with Crippen molar-refractivity contribution in [3.05, 3.63) is 17.9 Å². The number of hydrogen-bond donors (Lipinski definition) is 3. The Morgan fingerprint density at radius 2 is 1.78 bits per heavy atom. The highest BCUT2D eigenvalue weighted by Crippen LogP contribution is 2.13. The fraction of sp³-hybridized carbons (Fsp3) is 0.500. The summed E-state index contributed by atoms with van der Waals surface area (Å²) < 4.78 is 53.9. The molecule has 0 amide bonds. The van der Waals surface area contributed by atoms with Crippen molar-refractivity contribution in [1.29, 1.82) is 0 Å². The highest BCUT2D eigenvalue weighted by molar-refractivity contribution is 7.89. The molecular formula is C8H14N2O6S2. The molecule has 10 heteroatoms. The molecule has 0 spiro atoms. The highest BCUT2D eigenvalue weighted by atomic mass is 32.2. The molecule has 0 saturated heterocycles. The number of furan rings is 1. The summed E-state index contributed by atoms with van der Waals surface area (Å²) in [7, 11) is -7.18. The van der Waals surface area contributed by atoms with Crippen LogP contribution in [0.5, 0.6) is 0 Å². The SMILES string of the molecule is CS(=O)(=O)NCCNS(=O)(=O)c1ccc(CO)o1. The molecule has 0 aliphatic carbocycles. The molecule has 3 N–H and O–H groups in total. The Morgan fingerprint density at radius 3 is 2.28 bits per heavy atom. The molecule has 1 heterocycles. The zero-order valence-corrected chi connectivity index (χ0v) is 11.2. The molecule has 0 aliphatic heterocycles. The third-order valence-electron chi connectivity index (χ3n) is 1.84. The van der Waals surface area contributed by atoms with E-state index in [4.69, 9.17) is 9.52 Å². The van der Waals surface area contributed by atoms with Crippen molar-refractivity contribution >= 4 is 20.0 Å². The van der Waals surface area contributed by atoms with Crippen molar-refractivity contribution in [2.45, 2.75) is 11.7 Å². The maximum absolute atomic E-state index is 11.6. The monoisotopic (exact) mass is 298 g/mol. The second-order valence-electron chi connectivity index (χ2n) is 3.44. The summed E-state index contributed by atoms with van der Waals surface area (Å²) in [5, 5.41) is 8.41. The standard InChI is InChI=1S/C8H14N2O6S2/c1-17(12,13)9-4-5-10-18(14,15)8-3-2-7(6-11)16-8/h2-3,9-11H,4-6H2,1H3. The van der Waals surface area contributed by atoms with Crippen LogP contribution in [0.25, 0.3) is 0 Å². The Balaban J connectivity index is 2.55. The van der Waals surface area contributed by atoms with Crippen molar-refractivity contribution in [1.82, 2.24) is 9.44 Å². The van der Waals surface area contributed by atoms with Crippen molar-refractivity contribution in [2.75, 3.05) is 19.3 Å². The Labute approximate surface area is 105 Å². The van der Waals surface area contributed by atoms with Crippen LogP contribution >= 0.6 is 0 Å². The van der Waals surface area contributed by atoms with E-state index in [1.807, 2.05) is 0 Å². The van der Waals surface area contributed by atoms with Gasteiger partial charge in [0.25, 0.3) is 10.0 Å². The second-order valence-corrected chi connectivity index (χ2v) is 6.97. The summed E-state index contributed by atoms with van der Waals surface area (Å²) in [6.07, 6.45) is 0.974. The quantitative estimate of drug-likeness (QED) is 0.531. The molecule has 1 rings (SSSR count). The zero-order chi connectivity index (χ0) is 13.8. The molecule has 0 atom stereocenters. The Hall–Kier alpha value is -0.940. The summed E-state index contributed by atoms with van der Waals surface area (Å²) in [5.41, 5.74) is 0. The van der Waals surface area contributed by atoms with Gasteiger partial charge in [0.15, 0.2) is 0 Å². The van der Waals surface area contributed by atoms with E-state index in [0.717, 1.165) is 6.26 Å². The lowest BCUT2D eigenvalue weighted by atomic mass is 10.5. The van der Waals surface area contributed by atoms with Gasteiger partial charge in [-0.05, 0) is 12.1 Å². The summed E-state index contributed by atoms with van der Waals surface area (Å²) in [6, 6.07) is 2.54. The first-order valence-corrected chi connectivity index (χ1v) is 8.26. The van der Waals surface area contributed by atoms with Crippen LogP contribution in [-0.4, -0.2) is 41.3 Å². The summed E-state index contributed by atoms with van der Waals surface area (Å²) in [6.45, 7) is -0.568. The average Bonchev–Trinajstić information content (AvgIpc) is 2.72. The van der Waals surface area contributed by atoms with Crippen molar-refractivity contribution < 1.29 is 26.4 Å².